The van der Waals surface area contributed by atoms with Gasteiger partial charge < -0.3 is 14.8 Å². The number of nitrogens with zero attached hydrogens (tertiary/aromatic N) is 3. The minimum absolute atomic E-state index is 0.0690. The van der Waals surface area contributed by atoms with Crippen LogP contribution in [0.4, 0.5) is 0 Å². The molecule has 0 bridgehead atoms. The van der Waals surface area contributed by atoms with E-state index < -0.39 is 5.54 Å². The summed E-state index contributed by atoms with van der Waals surface area (Å²) >= 11 is 0. The number of hydrogen-bond acceptors (Lipinski definition) is 3. The summed E-state index contributed by atoms with van der Waals surface area (Å²) in [4.78, 5) is 34.4. The maximum absolute atomic E-state index is 14.0. The highest BCUT2D eigenvalue weighted by molar-refractivity contribution is 6.01. The Morgan fingerprint density at radius 1 is 1.11 bits per heavy atom. The number of fused-ring (bicyclic) bond motifs is 3. The van der Waals surface area contributed by atoms with Gasteiger partial charge in [0.05, 0.1) is 17.6 Å². The molecule has 35 heavy (non-hydrogen) atoms. The number of hydrogen-bond donors (Lipinski definition) is 1. The molecule has 1 aliphatic heterocycles. The monoisotopic (exact) mass is 472 g/mol. The van der Waals surface area contributed by atoms with E-state index >= 15 is 0 Å². The Labute approximate surface area is 207 Å². The molecule has 0 unspecified atom stereocenters. The second-order valence-electron chi connectivity index (χ2n) is 10.9. The molecule has 0 radical (unpaired) electrons. The quantitative estimate of drug-likeness (QED) is 0.569. The van der Waals surface area contributed by atoms with Gasteiger partial charge in [0.25, 0.3) is 5.91 Å². The first kappa shape index (κ1) is 23.6. The number of rotatable bonds is 5. The van der Waals surface area contributed by atoms with Crippen molar-refractivity contribution in [2.75, 3.05) is 6.54 Å². The minimum Gasteiger partial charge on any atom is -0.351 e. The molecule has 1 N–H and O–H groups in total. The van der Waals surface area contributed by atoms with E-state index in [0.29, 0.717) is 30.7 Å². The first-order valence-electron chi connectivity index (χ1n) is 12.9. The smallest absolute Gasteiger partial charge is 0.290 e. The average molecular weight is 473 g/mol. The van der Waals surface area contributed by atoms with Crippen molar-refractivity contribution in [2.24, 2.45) is 11.8 Å². The maximum Gasteiger partial charge on any atom is 0.290 e. The third-order valence-electron chi connectivity index (χ3n) is 8.49. The molecular weight excluding hydrogens is 436 g/mol. The van der Waals surface area contributed by atoms with E-state index in [1.807, 2.05) is 54.0 Å². The van der Waals surface area contributed by atoms with Crippen molar-refractivity contribution >= 4 is 22.8 Å². The zero-order chi connectivity index (χ0) is 24.7. The van der Waals surface area contributed by atoms with Gasteiger partial charge in [-0.25, -0.2) is 4.98 Å². The number of amides is 2. The summed E-state index contributed by atoms with van der Waals surface area (Å²) in [5, 5.41) is 3.38. The number of carbonyl (C=O) groups excluding carboxylic acids is 2. The molecule has 184 valence electrons. The van der Waals surface area contributed by atoms with Crippen LogP contribution in [0.2, 0.25) is 0 Å². The first-order chi connectivity index (χ1) is 16.8. The molecule has 1 aliphatic carbocycles. The first-order valence-corrected chi connectivity index (χ1v) is 12.9. The Hall–Kier alpha value is -3.15. The Balaban J connectivity index is 1.52. The van der Waals surface area contributed by atoms with E-state index in [9.17, 15) is 9.59 Å². The van der Waals surface area contributed by atoms with E-state index in [4.69, 9.17) is 0 Å². The zero-order valence-corrected chi connectivity index (χ0v) is 21.2. The van der Waals surface area contributed by atoms with E-state index in [1.54, 1.807) is 4.90 Å². The third kappa shape index (κ3) is 4.13. The number of aromatic nitrogens is 2. The molecule has 1 fully saturated rings. The largest absolute Gasteiger partial charge is 0.351 e. The van der Waals surface area contributed by atoms with Crippen molar-refractivity contribution < 1.29 is 9.59 Å². The van der Waals surface area contributed by atoms with Crippen LogP contribution in [0.1, 0.15) is 69.1 Å². The second kappa shape index (κ2) is 9.14. The van der Waals surface area contributed by atoms with Gasteiger partial charge in [0.1, 0.15) is 5.54 Å². The lowest BCUT2D eigenvalue weighted by atomic mass is 9.77. The van der Waals surface area contributed by atoms with Crippen LogP contribution in [-0.4, -0.2) is 44.4 Å². The Bertz CT molecular complexity index is 1240. The number of nitrogens with one attached hydrogen (secondary N) is 1. The van der Waals surface area contributed by atoms with Crippen LogP contribution in [0.25, 0.3) is 11.0 Å². The summed E-state index contributed by atoms with van der Waals surface area (Å²) in [6.45, 7) is 9.38. The lowest BCUT2D eigenvalue weighted by molar-refractivity contribution is -0.134. The van der Waals surface area contributed by atoms with Crippen LogP contribution in [0.3, 0.4) is 0 Å². The Kier molecular flexibility index (Phi) is 6.16. The van der Waals surface area contributed by atoms with Crippen molar-refractivity contribution in [2.45, 2.75) is 71.0 Å². The number of para-hydroxylation sites is 2. The summed E-state index contributed by atoms with van der Waals surface area (Å²) in [6.07, 6.45) is 3.31. The fourth-order valence-corrected chi connectivity index (χ4v) is 5.89. The molecule has 5 atom stereocenters. The lowest BCUT2D eigenvalue weighted by Crippen LogP contribution is -2.66. The summed E-state index contributed by atoms with van der Waals surface area (Å²) in [6, 6.07) is 18.1. The van der Waals surface area contributed by atoms with Gasteiger partial charge in [0.15, 0.2) is 5.82 Å². The molecule has 2 aromatic carbocycles. The van der Waals surface area contributed by atoms with Gasteiger partial charge in [-0.2, -0.15) is 0 Å². The topological polar surface area (TPSA) is 67.2 Å². The van der Waals surface area contributed by atoms with E-state index in [2.05, 4.69) is 43.2 Å². The summed E-state index contributed by atoms with van der Waals surface area (Å²) in [5.74, 6) is 1.23. The van der Waals surface area contributed by atoms with E-state index in [-0.39, 0.29) is 23.8 Å². The summed E-state index contributed by atoms with van der Waals surface area (Å²) in [7, 11) is 0. The van der Waals surface area contributed by atoms with Crippen molar-refractivity contribution in [1.29, 1.82) is 0 Å². The highest BCUT2D eigenvalue weighted by Crippen LogP contribution is 2.34. The number of imidazole rings is 1. The van der Waals surface area contributed by atoms with Gasteiger partial charge in [-0.1, -0.05) is 76.1 Å². The molecule has 6 heteroatoms. The van der Waals surface area contributed by atoms with Crippen LogP contribution in [0.15, 0.2) is 54.6 Å². The predicted octanol–water partition coefficient (Wildman–Crippen LogP) is 5.00. The van der Waals surface area contributed by atoms with Crippen molar-refractivity contribution in [3.05, 3.63) is 66.0 Å². The molecule has 2 aliphatic rings. The predicted molar refractivity (Wildman–Crippen MR) is 138 cm³/mol. The SMILES string of the molecule is C[C@H]1[C@@H](C)CCC[C@H]1NC(=O)[C@@]1(C)Cn2c(nc3ccccc32)C(=O)N1C[C@@H](C)c1ccccc1. The van der Waals surface area contributed by atoms with E-state index in [1.165, 1.54) is 6.42 Å². The van der Waals surface area contributed by atoms with Gasteiger partial charge in [0, 0.05) is 12.6 Å². The standard InChI is InChI=1S/C29H36N4O2/c1-19-11-10-15-23(21(19)3)31-28(35)29(4)18-32-25-16-9-8-14-24(25)30-26(32)27(34)33(29)17-20(2)22-12-6-5-7-13-22/h5-9,12-14,16,19-21,23H,10-11,15,17-18H2,1-4H3,(H,31,35)/t19-,20+,21-,23+,29+/m0/s1. The molecule has 0 spiro atoms. The van der Waals surface area contributed by atoms with Gasteiger partial charge in [-0.3, -0.25) is 9.59 Å². The van der Waals surface area contributed by atoms with Crippen LogP contribution in [-0.2, 0) is 11.3 Å². The van der Waals surface area contributed by atoms with Gasteiger partial charge in [-0.15, -0.1) is 0 Å². The number of benzene rings is 2. The molecular formula is C29H36N4O2. The van der Waals surface area contributed by atoms with Crippen LogP contribution >= 0.6 is 0 Å². The fourth-order valence-electron chi connectivity index (χ4n) is 5.89. The summed E-state index contributed by atoms with van der Waals surface area (Å²) in [5.41, 5.74) is 1.81. The highest BCUT2D eigenvalue weighted by atomic mass is 16.2. The summed E-state index contributed by atoms with van der Waals surface area (Å²) < 4.78 is 1.94. The van der Waals surface area contributed by atoms with Gasteiger partial charge >= 0.3 is 0 Å². The molecule has 2 heterocycles. The zero-order valence-electron chi connectivity index (χ0n) is 21.2. The highest BCUT2D eigenvalue weighted by Gasteiger charge is 2.49. The Morgan fingerprint density at radius 3 is 2.60 bits per heavy atom. The molecule has 6 nitrogen and oxygen atoms in total. The fraction of sp³-hybridized carbons (Fsp3) is 0.483. The molecule has 5 rings (SSSR count). The van der Waals surface area contributed by atoms with Gasteiger partial charge in [-0.05, 0) is 48.8 Å². The molecule has 3 aromatic rings. The molecule has 1 saturated carbocycles. The van der Waals surface area contributed by atoms with Crippen LogP contribution in [0.5, 0.6) is 0 Å². The second-order valence-corrected chi connectivity index (χ2v) is 10.9. The normalized spacial score (nSPS) is 27.5. The van der Waals surface area contributed by atoms with Gasteiger partial charge in [0.2, 0.25) is 5.91 Å². The average Bonchev–Trinajstić information content (AvgIpc) is 3.23. The number of carbonyl (C=O) groups is 2. The van der Waals surface area contributed by atoms with Crippen molar-refractivity contribution in [1.82, 2.24) is 19.8 Å². The molecule has 1 aromatic heterocycles. The maximum atomic E-state index is 14.0. The lowest BCUT2D eigenvalue weighted by Gasteiger charge is -2.46. The minimum atomic E-state index is -1.02. The van der Waals surface area contributed by atoms with Crippen LogP contribution in [0, 0.1) is 11.8 Å². The molecule has 2 amide bonds. The third-order valence-corrected chi connectivity index (χ3v) is 8.49. The van der Waals surface area contributed by atoms with E-state index in [0.717, 1.165) is 29.4 Å². The van der Waals surface area contributed by atoms with Crippen LogP contribution < -0.4 is 5.32 Å². The molecule has 0 saturated heterocycles. The van der Waals surface area contributed by atoms with Crippen molar-refractivity contribution in [3.8, 4) is 0 Å². The Morgan fingerprint density at radius 2 is 1.83 bits per heavy atom. The van der Waals surface area contributed by atoms with Crippen molar-refractivity contribution in [3.63, 3.8) is 0 Å².